The third kappa shape index (κ3) is 1.84. The molecule has 1 atom stereocenters. The number of benzene rings is 1. The first-order valence-corrected chi connectivity index (χ1v) is 4.84. The van der Waals surface area contributed by atoms with E-state index in [2.05, 4.69) is 0 Å². The molecule has 0 amide bonds. The largest absolute Gasteiger partial charge is 0.397 e. The lowest BCUT2D eigenvalue weighted by atomic mass is 9.92. The maximum absolute atomic E-state index is 13.5. The van der Waals surface area contributed by atoms with Crippen LogP contribution >= 0.6 is 0 Å². The van der Waals surface area contributed by atoms with Crippen molar-refractivity contribution in [3.63, 3.8) is 0 Å². The van der Waals surface area contributed by atoms with Gasteiger partial charge in [-0.25, -0.2) is 8.78 Å². The molecule has 0 heterocycles. The minimum atomic E-state index is -2.59. The smallest absolute Gasteiger partial charge is 0.251 e. The summed E-state index contributed by atoms with van der Waals surface area (Å²) in [5.74, 6) is -3.04. The van der Waals surface area contributed by atoms with E-state index in [1.807, 2.05) is 0 Å². The van der Waals surface area contributed by atoms with Crippen molar-refractivity contribution in [1.29, 1.82) is 0 Å². The Kier molecular flexibility index (Phi) is 2.52. The average molecular weight is 223 g/mol. The Labute approximate surface area is 91.7 Å². The average Bonchev–Trinajstić information content (AvgIpc) is 2.23. The molecule has 0 aromatic heterocycles. The number of allylic oxidation sites excluding steroid dienone is 2. The standard InChI is InChI=1S/C12H11F2NO/c13-10-4-2-1-3-9(10)8-5-6-11(15)12(14,16)7-8/h1-6,16H,7,15H2. The fourth-order valence-corrected chi connectivity index (χ4v) is 1.64. The van der Waals surface area contributed by atoms with Gasteiger partial charge >= 0.3 is 0 Å². The molecule has 0 spiro atoms. The highest BCUT2D eigenvalue weighted by molar-refractivity contribution is 5.70. The molecule has 1 aliphatic rings. The van der Waals surface area contributed by atoms with E-state index in [0.29, 0.717) is 5.57 Å². The molecule has 2 nitrogen and oxygen atoms in total. The summed E-state index contributed by atoms with van der Waals surface area (Å²) in [7, 11) is 0. The second-order valence-electron chi connectivity index (χ2n) is 3.73. The minimum absolute atomic E-state index is 0.257. The fourth-order valence-electron chi connectivity index (χ4n) is 1.64. The zero-order valence-corrected chi connectivity index (χ0v) is 8.45. The Balaban J connectivity index is 2.42. The molecule has 4 heteroatoms. The molecule has 0 saturated carbocycles. The van der Waals surface area contributed by atoms with Crippen LogP contribution in [-0.4, -0.2) is 11.0 Å². The molecule has 0 bridgehead atoms. The molecule has 0 aliphatic heterocycles. The number of aliphatic hydroxyl groups is 1. The number of hydrogen-bond acceptors (Lipinski definition) is 2. The van der Waals surface area contributed by atoms with Crippen molar-refractivity contribution in [2.45, 2.75) is 12.3 Å². The van der Waals surface area contributed by atoms with Gasteiger partial charge in [0, 0.05) is 12.0 Å². The maximum Gasteiger partial charge on any atom is 0.251 e. The Morgan fingerprint density at radius 2 is 1.94 bits per heavy atom. The molecular weight excluding hydrogens is 212 g/mol. The summed E-state index contributed by atoms with van der Waals surface area (Å²) in [6.45, 7) is 0. The zero-order valence-electron chi connectivity index (χ0n) is 8.45. The van der Waals surface area contributed by atoms with Crippen LogP contribution in [0.3, 0.4) is 0 Å². The van der Waals surface area contributed by atoms with Crippen LogP contribution in [0.4, 0.5) is 8.78 Å². The number of nitrogens with two attached hydrogens (primary N) is 1. The van der Waals surface area contributed by atoms with E-state index in [1.165, 1.54) is 24.3 Å². The lowest BCUT2D eigenvalue weighted by Crippen LogP contribution is -2.32. The predicted octanol–water partition coefficient (Wildman–Crippen LogP) is 2.11. The molecular formula is C12H11F2NO. The van der Waals surface area contributed by atoms with E-state index in [4.69, 9.17) is 5.73 Å². The molecule has 0 saturated heterocycles. The van der Waals surface area contributed by atoms with Crippen LogP contribution in [0.5, 0.6) is 0 Å². The summed E-state index contributed by atoms with van der Waals surface area (Å²) in [5.41, 5.74) is 5.70. The second-order valence-corrected chi connectivity index (χ2v) is 3.73. The van der Waals surface area contributed by atoms with E-state index in [9.17, 15) is 13.9 Å². The van der Waals surface area contributed by atoms with Gasteiger partial charge < -0.3 is 10.8 Å². The van der Waals surface area contributed by atoms with Crippen LogP contribution in [0.15, 0.2) is 42.1 Å². The quantitative estimate of drug-likeness (QED) is 0.766. The van der Waals surface area contributed by atoms with Crippen LogP contribution in [0, 0.1) is 5.82 Å². The third-order valence-electron chi connectivity index (χ3n) is 2.55. The Morgan fingerprint density at radius 3 is 2.56 bits per heavy atom. The van der Waals surface area contributed by atoms with Crippen molar-refractivity contribution in [1.82, 2.24) is 0 Å². The first kappa shape index (κ1) is 10.8. The van der Waals surface area contributed by atoms with Gasteiger partial charge in [-0.3, -0.25) is 0 Å². The Bertz CT molecular complexity index is 478. The molecule has 3 N–H and O–H groups in total. The van der Waals surface area contributed by atoms with E-state index in [0.717, 1.165) is 0 Å². The molecule has 0 radical (unpaired) electrons. The first-order chi connectivity index (χ1) is 7.50. The molecule has 16 heavy (non-hydrogen) atoms. The number of halogens is 2. The summed E-state index contributed by atoms with van der Waals surface area (Å²) in [5, 5.41) is 9.34. The van der Waals surface area contributed by atoms with Crippen molar-refractivity contribution < 1.29 is 13.9 Å². The molecule has 1 unspecified atom stereocenters. The topological polar surface area (TPSA) is 46.2 Å². The number of rotatable bonds is 1. The molecule has 84 valence electrons. The molecule has 0 fully saturated rings. The van der Waals surface area contributed by atoms with Crippen LogP contribution in [-0.2, 0) is 0 Å². The van der Waals surface area contributed by atoms with Crippen molar-refractivity contribution in [2.24, 2.45) is 5.73 Å². The summed E-state index contributed by atoms with van der Waals surface area (Å²) in [6.07, 6.45) is 2.43. The van der Waals surface area contributed by atoms with Crippen LogP contribution < -0.4 is 5.73 Å². The normalized spacial score (nSPS) is 24.9. The highest BCUT2D eigenvalue weighted by Gasteiger charge is 2.33. The lowest BCUT2D eigenvalue weighted by molar-refractivity contribution is -0.0491. The van der Waals surface area contributed by atoms with E-state index >= 15 is 0 Å². The lowest BCUT2D eigenvalue weighted by Gasteiger charge is -2.24. The Morgan fingerprint density at radius 1 is 1.25 bits per heavy atom. The van der Waals surface area contributed by atoms with E-state index in [-0.39, 0.29) is 17.7 Å². The predicted molar refractivity (Wildman–Crippen MR) is 57.3 cm³/mol. The third-order valence-corrected chi connectivity index (χ3v) is 2.55. The monoisotopic (exact) mass is 223 g/mol. The van der Waals surface area contributed by atoms with E-state index in [1.54, 1.807) is 12.1 Å². The van der Waals surface area contributed by atoms with Crippen molar-refractivity contribution in [3.05, 3.63) is 53.5 Å². The highest BCUT2D eigenvalue weighted by atomic mass is 19.2. The van der Waals surface area contributed by atoms with Gasteiger partial charge in [-0.15, -0.1) is 0 Å². The van der Waals surface area contributed by atoms with Crippen molar-refractivity contribution in [3.8, 4) is 0 Å². The summed E-state index contributed by atoms with van der Waals surface area (Å²) >= 11 is 0. The van der Waals surface area contributed by atoms with Crippen LogP contribution in [0.1, 0.15) is 12.0 Å². The van der Waals surface area contributed by atoms with Gasteiger partial charge in [-0.05, 0) is 17.7 Å². The van der Waals surface area contributed by atoms with Crippen molar-refractivity contribution >= 4 is 5.57 Å². The number of hydrogen-bond donors (Lipinski definition) is 2. The minimum Gasteiger partial charge on any atom is -0.397 e. The molecule has 2 rings (SSSR count). The first-order valence-electron chi connectivity index (χ1n) is 4.84. The molecule has 1 aromatic carbocycles. The molecule has 1 aliphatic carbocycles. The van der Waals surface area contributed by atoms with Gasteiger partial charge in [0.05, 0.1) is 5.70 Å². The van der Waals surface area contributed by atoms with Gasteiger partial charge in [0.1, 0.15) is 5.82 Å². The van der Waals surface area contributed by atoms with Crippen LogP contribution in [0.2, 0.25) is 0 Å². The second kappa shape index (κ2) is 3.72. The maximum atomic E-state index is 13.5. The number of alkyl halides is 1. The van der Waals surface area contributed by atoms with Crippen molar-refractivity contribution in [2.75, 3.05) is 0 Å². The van der Waals surface area contributed by atoms with Crippen LogP contribution in [0.25, 0.3) is 5.57 Å². The molecule has 1 aromatic rings. The SMILES string of the molecule is NC1=CC=C(c2ccccc2F)CC1(O)F. The van der Waals surface area contributed by atoms with Gasteiger partial charge in [-0.2, -0.15) is 0 Å². The van der Waals surface area contributed by atoms with Gasteiger partial charge in [0.2, 0.25) is 0 Å². The highest BCUT2D eigenvalue weighted by Crippen LogP contribution is 2.34. The van der Waals surface area contributed by atoms with Gasteiger partial charge in [0.25, 0.3) is 5.85 Å². The summed E-state index contributed by atoms with van der Waals surface area (Å²) in [4.78, 5) is 0. The van der Waals surface area contributed by atoms with Gasteiger partial charge in [-0.1, -0.05) is 24.3 Å². The Hall–Kier alpha value is -1.68. The zero-order chi connectivity index (χ0) is 11.8. The van der Waals surface area contributed by atoms with Gasteiger partial charge in [0.15, 0.2) is 0 Å². The summed E-state index contributed by atoms with van der Waals surface area (Å²) < 4.78 is 27.0. The van der Waals surface area contributed by atoms with E-state index < -0.39 is 11.7 Å². The summed E-state index contributed by atoms with van der Waals surface area (Å²) in [6, 6.07) is 6.02. The fraction of sp³-hybridized carbons (Fsp3) is 0.167.